The molecule has 0 saturated carbocycles. The summed E-state index contributed by atoms with van der Waals surface area (Å²) in [5, 5.41) is 1.30. The maximum absolute atomic E-state index is 5.50. The number of unbranched alkanes of at least 4 members (excludes halogenated alkanes) is 3. The minimum absolute atomic E-state index is 0.802. The van der Waals surface area contributed by atoms with E-state index in [0.717, 1.165) is 30.9 Å². The summed E-state index contributed by atoms with van der Waals surface area (Å²) in [7, 11) is 0. The van der Waals surface area contributed by atoms with Gasteiger partial charge in [-0.1, -0.05) is 31.0 Å². The average molecular weight is 299 g/mol. The monoisotopic (exact) mass is 299 g/mol. The van der Waals surface area contributed by atoms with Crippen LogP contribution in [0.5, 0.6) is 0 Å². The second-order valence-corrected chi connectivity index (χ2v) is 6.43. The van der Waals surface area contributed by atoms with Crippen LogP contribution in [0.3, 0.4) is 0 Å². The lowest BCUT2D eigenvalue weighted by atomic mass is 10.1. The molecule has 0 radical (unpaired) electrons. The molecule has 0 atom stereocenters. The molecule has 4 heteroatoms. The fraction of sp³-hybridized carbons (Fsp3) is 0.353. The molecule has 2 aromatic heterocycles. The predicted molar refractivity (Wildman–Crippen MR) is 90.6 cm³/mol. The Morgan fingerprint density at radius 2 is 1.95 bits per heavy atom. The summed E-state index contributed by atoms with van der Waals surface area (Å²) in [6.45, 7) is 0.802. The number of aryl methyl sites for hydroxylation is 1. The molecule has 0 bridgehead atoms. The zero-order valence-corrected chi connectivity index (χ0v) is 13.0. The summed E-state index contributed by atoms with van der Waals surface area (Å²) in [6.07, 6.45) is 7.75. The lowest BCUT2D eigenvalue weighted by Crippen LogP contribution is -1.98. The Hall–Kier alpha value is -1.65. The van der Waals surface area contributed by atoms with Crippen LogP contribution >= 0.6 is 11.3 Å². The number of rotatable bonds is 7. The van der Waals surface area contributed by atoms with Gasteiger partial charge in [0.2, 0.25) is 0 Å². The third kappa shape index (κ3) is 3.52. The summed E-state index contributed by atoms with van der Waals surface area (Å²) >= 11 is 1.81. The van der Waals surface area contributed by atoms with Crippen molar-refractivity contribution < 1.29 is 0 Å². The normalized spacial score (nSPS) is 11.3. The highest BCUT2D eigenvalue weighted by Crippen LogP contribution is 2.32. The molecule has 0 aliphatic rings. The van der Waals surface area contributed by atoms with E-state index in [9.17, 15) is 0 Å². The highest BCUT2D eigenvalue weighted by molar-refractivity contribution is 7.22. The molecule has 3 nitrogen and oxygen atoms in total. The number of hydrogen-bond donors (Lipinski definition) is 2. The van der Waals surface area contributed by atoms with Gasteiger partial charge < -0.3 is 10.7 Å². The Kier molecular flexibility index (Phi) is 4.68. The van der Waals surface area contributed by atoms with Crippen LogP contribution in [0, 0.1) is 0 Å². The number of aromatic nitrogens is 2. The lowest BCUT2D eigenvalue weighted by molar-refractivity contribution is 0.638. The molecule has 21 heavy (non-hydrogen) atoms. The lowest BCUT2D eigenvalue weighted by Gasteiger charge is -1.98. The summed E-state index contributed by atoms with van der Waals surface area (Å²) in [6, 6.07) is 10.7. The minimum atomic E-state index is 0.802. The number of nitrogens with two attached hydrogens (primary N) is 1. The van der Waals surface area contributed by atoms with Gasteiger partial charge in [-0.15, -0.1) is 11.3 Å². The zero-order valence-electron chi connectivity index (χ0n) is 12.1. The van der Waals surface area contributed by atoms with Crippen LogP contribution in [0.1, 0.15) is 31.5 Å². The SMILES string of the molecule is NCCCCCCc1ncc(-c2cc3ccccc3s2)[nH]1. The van der Waals surface area contributed by atoms with Crippen molar-refractivity contribution in [3.8, 4) is 10.6 Å². The number of nitrogens with one attached hydrogen (secondary N) is 1. The van der Waals surface area contributed by atoms with Gasteiger partial charge in [0, 0.05) is 11.1 Å². The number of H-pyrrole nitrogens is 1. The van der Waals surface area contributed by atoms with Crippen LogP contribution in [0.2, 0.25) is 0 Å². The smallest absolute Gasteiger partial charge is 0.106 e. The van der Waals surface area contributed by atoms with E-state index in [1.54, 1.807) is 0 Å². The Morgan fingerprint density at radius 3 is 2.81 bits per heavy atom. The van der Waals surface area contributed by atoms with E-state index in [4.69, 9.17) is 5.73 Å². The number of imidazole rings is 1. The van der Waals surface area contributed by atoms with E-state index in [1.807, 2.05) is 17.5 Å². The fourth-order valence-corrected chi connectivity index (χ4v) is 3.55. The molecule has 0 spiro atoms. The van der Waals surface area contributed by atoms with Gasteiger partial charge in [-0.2, -0.15) is 0 Å². The van der Waals surface area contributed by atoms with E-state index in [1.165, 1.54) is 34.2 Å². The topological polar surface area (TPSA) is 54.7 Å². The molecule has 0 amide bonds. The average Bonchev–Trinajstić information content (AvgIpc) is 3.13. The molecule has 3 aromatic rings. The Labute approximate surface area is 129 Å². The zero-order chi connectivity index (χ0) is 14.5. The van der Waals surface area contributed by atoms with Crippen molar-refractivity contribution in [1.82, 2.24) is 9.97 Å². The molecular formula is C17H21N3S. The van der Waals surface area contributed by atoms with E-state index < -0.39 is 0 Å². The van der Waals surface area contributed by atoms with Gasteiger partial charge in [0.25, 0.3) is 0 Å². The van der Waals surface area contributed by atoms with Crippen LogP contribution in [-0.4, -0.2) is 16.5 Å². The van der Waals surface area contributed by atoms with Gasteiger partial charge in [0.05, 0.1) is 16.8 Å². The first-order valence-corrected chi connectivity index (χ1v) is 8.41. The number of fused-ring (bicyclic) bond motifs is 1. The summed E-state index contributed by atoms with van der Waals surface area (Å²) in [5.74, 6) is 1.09. The quantitative estimate of drug-likeness (QED) is 0.637. The maximum atomic E-state index is 5.50. The second-order valence-electron chi connectivity index (χ2n) is 5.34. The molecular weight excluding hydrogens is 278 g/mol. The van der Waals surface area contributed by atoms with Crippen LogP contribution in [0.4, 0.5) is 0 Å². The first-order chi connectivity index (χ1) is 10.4. The van der Waals surface area contributed by atoms with Gasteiger partial charge in [0.1, 0.15) is 5.82 Å². The Morgan fingerprint density at radius 1 is 1.10 bits per heavy atom. The van der Waals surface area contributed by atoms with Crippen LogP contribution < -0.4 is 5.73 Å². The second kappa shape index (κ2) is 6.87. The summed E-state index contributed by atoms with van der Waals surface area (Å²) in [4.78, 5) is 9.23. The molecule has 2 heterocycles. The highest BCUT2D eigenvalue weighted by atomic mass is 32.1. The number of hydrogen-bond acceptors (Lipinski definition) is 3. The van der Waals surface area contributed by atoms with Crippen LogP contribution in [0.25, 0.3) is 20.7 Å². The molecule has 0 aliphatic carbocycles. The Balaban J connectivity index is 1.64. The van der Waals surface area contributed by atoms with Crippen molar-refractivity contribution in [2.45, 2.75) is 32.1 Å². The van der Waals surface area contributed by atoms with Gasteiger partial charge in [0.15, 0.2) is 0 Å². The predicted octanol–water partition coefficient (Wildman–Crippen LogP) is 4.35. The first kappa shape index (κ1) is 14.3. The van der Waals surface area contributed by atoms with E-state index in [0.29, 0.717) is 0 Å². The van der Waals surface area contributed by atoms with Gasteiger partial charge in [-0.3, -0.25) is 0 Å². The number of nitrogens with zero attached hydrogens (tertiary/aromatic N) is 1. The first-order valence-electron chi connectivity index (χ1n) is 7.60. The van der Waals surface area contributed by atoms with Crippen molar-refractivity contribution >= 4 is 21.4 Å². The van der Waals surface area contributed by atoms with Crippen LogP contribution in [-0.2, 0) is 6.42 Å². The third-order valence-electron chi connectivity index (χ3n) is 3.69. The summed E-state index contributed by atoms with van der Waals surface area (Å²) in [5.41, 5.74) is 6.64. The fourth-order valence-electron chi connectivity index (χ4n) is 2.52. The van der Waals surface area contributed by atoms with Crippen molar-refractivity contribution in [2.75, 3.05) is 6.54 Å². The number of aromatic amines is 1. The maximum Gasteiger partial charge on any atom is 0.106 e. The van der Waals surface area contributed by atoms with Crippen molar-refractivity contribution in [3.05, 3.63) is 42.4 Å². The summed E-state index contributed by atoms with van der Waals surface area (Å²) < 4.78 is 1.32. The van der Waals surface area contributed by atoms with E-state index >= 15 is 0 Å². The Bertz CT molecular complexity index is 666. The molecule has 0 saturated heterocycles. The molecule has 0 fully saturated rings. The van der Waals surface area contributed by atoms with Gasteiger partial charge in [-0.05, 0) is 36.9 Å². The molecule has 110 valence electrons. The van der Waals surface area contributed by atoms with Gasteiger partial charge in [-0.25, -0.2) is 4.98 Å². The molecule has 3 rings (SSSR count). The standard InChI is InChI=1S/C17H21N3S/c18-10-6-2-1-3-9-17-19-12-14(20-17)16-11-13-7-4-5-8-15(13)21-16/h4-5,7-8,11-12H,1-3,6,9-10,18H2,(H,19,20). The molecule has 0 unspecified atom stereocenters. The van der Waals surface area contributed by atoms with Gasteiger partial charge >= 0.3 is 0 Å². The van der Waals surface area contributed by atoms with E-state index in [2.05, 4.69) is 40.3 Å². The molecule has 3 N–H and O–H groups in total. The van der Waals surface area contributed by atoms with Crippen molar-refractivity contribution in [3.63, 3.8) is 0 Å². The highest BCUT2D eigenvalue weighted by Gasteiger charge is 2.07. The van der Waals surface area contributed by atoms with Crippen LogP contribution in [0.15, 0.2) is 36.5 Å². The number of benzene rings is 1. The molecule has 1 aromatic carbocycles. The largest absolute Gasteiger partial charge is 0.341 e. The van der Waals surface area contributed by atoms with Crippen molar-refractivity contribution in [1.29, 1.82) is 0 Å². The van der Waals surface area contributed by atoms with Crippen molar-refractivity contribution in [2.24, 2.45) is 5.73 Å². The minimum Gasteiger partial charge on any atom is -0.341 e. The molecule has 0 aliphatic heterocycles. The van der Waals surface area contributed by atoms with E-state index in [-0.39, 0.29) is 0 Å². The third-order valence-corrected chi connectivity index (χ3v) is 4.84. The number of thiophene rings is 1.